The molecule has 4 nitrogen and oxygen atoms in total. The van der Waals surface area contributed by atoms with Gasteiger partial charge in [0.05, 0.1) is 11.1 Å². The van der Waals surface area contributed by atoms with Crippen molar-refractivity contribution in [2.24, 2.45) is 0 Å². The quantitative estimate of drug-likeness (QED) is 0.327. The Morgan fingerprint density at radius 2 is 1.45 bits per heavy atom. The number of hydrogen-bond acceptors (Lipinski definition) is 4. The van der Waals surface area contributed by atoms with Crippen molar-refractivity contribution in [2.45, 2.75) is 6.92 Å². The molecule has 0 fully saturated rings. The van der Waals surface area contributed by atoms with E-state index in [1.54, 1.807) is 24.3 Å². The molecule has 0 bridgehead atoms. The van der Waals surface area contributed by atoms with Gasteiger partial charge in [-0.2, -0.15) is 0 Å². The molecule has 4 rings (SSSR count). The van der Waals surface area contributed by atoms with E-state index in [0.717, 1.165) is 21.2 Å². The standard InChI is InChI=1S/C29H22O4/c1-3-20-11-5-7-16-24(20)26(4-2)32-28(30)22-14-9-15-23(19-22)29(31)33-27-18-10-13-21-12-6-8-17-25(21)27/h3-19H,2H2,1H3/b20-3-,26-24+. The molecule has 33 heavy (non-hydrogen) atoms. The van der Waals surface area contributed by atoms with Crippen molar-refractivity contribution in [3.8, 4) is 5.75 Å². The highest BCUT2D eigenvalue weighted by molar-refractivity contribution is 5.99. The van der Waals surface area contributed by atoms with Gasteiger partial charge >= 0.3 is 11.9 Å². The molecule has 0 spiro atoms. The van der Waals surface area contributed by atoms with Gasteiger partial charge in [-0.1, -0.05) is 79.4 Å². The first kappa shape index (κ1) is 21.8. The first-order valence-electron chi connectivity index (χ1n) is 10.5. The van der Waals surface area contributed by atoms with Crippen molar-refractivity contribution in [2.75, 3.05) is 0 Å². The Morgan fingerprint density at radius 3 is 2.24 bits per heavy atom. The zero-order valence-corrected chi connectivity index (χ0v) is 18.2. The van der Waals surface area contributed by atoms with Crippen LogP contribution in [0.3, 0.4) is 0 Å². The van der Waals surface area contributed by atoms with Crippen LogP contribution >= 0.6 is 0 Å². The second-order valence-electron chi connectivity index (χ2n) is 7.28. The molecule has 4 aromatic carbocycles. The molecule has 162 valence electrons. The Morgan fingerprint density at radius 1 is 0.788 bits per heavy atom. The number of fused-ring (bicyclic) bond motifs is 1. The van der Waals surface area contributed by atoms with E-state index in [9.17, 15) is 9.59 Å². The summed E-state index contributed by atoms with van der Waals surface area (Å²) in [4.78, 5) is 25.7. The van der Waals surface area contributed by atoms with Crippen molar-refractivity contribution in [1.29, 1.82) is 0 Å². The molecule has 0 atom stereocenters. The zero-order chi connectivity index (χ0) is 23.2. The molecule has 0 aliphatic rings. The fourth-order valence-corrected chi connectivity index (χ4v) is 3.56. The Labute approximate surface area is 191 Å². The second-order valence-corrected chi connectivity index (χ2v) is 7.28. The number of ether oxygens (including phenoxy) is 2. The van der Waals surface area contributed by atoms with Crippen LogP contribution in [-0.4, -0.2) is 11.9 Å². The van der Waals surface area contributed by atoms with Crippen LogP contribution in [0, 0.1) is 0 Å². The summed E-state index contributed by atoms with van der Waals surface area (Å²) in [6.45, 7) is 5.68. The van der Waals surface area contributed by atoms with E-state index in [1.807, 2.05) is 73.7 Å². The molecular weight excluding hydrogens is 412 g/mol. The third-order valence-electron chi connectivity index (χ3n) is 5.21. The fourth-order valence-electron chi connectivity index (χ4n) is 3.56. The van der Waals surface area contributed by atoms with Crippen LogP contribution in [0.5, 0.6) is 5.75 Å². The third-order valence-corrected chi connectivity index (χ3v) is 5.21. The molecule has 0 aromatic heterocycles. The number of carbonyl (C=O) groups is 2. The normalized spacial score (nSPS) is 12.2. The van der Waals surface area contributed by atoms with Gasteiger partial charge in [0, 0.05) is 10.6 Å². The lowest BCUT2D eigenvalue weighted by atomic mass is 10.1. The van der Waals surface area contributed by atoms with E-state index in [2.05, 4.69) is 6.58 Å². The first-order chi connectivity index (χ1) is 16.1. The summed E-state index contributed by atoms with van der Waals surface area (Å²) in [6.07, 6.45) is 3.43. The topological polar surface area (TPSA) is 52.6 Å². The van der Waals surface area contributed by atoms with Gasteiger partial charge in [-0.3, -0.25) is 0 Å². The van der Waals surface area contributed by atoms with Gasteiger partial charge in [-0.25, -0.2) is 9.59 Å². The summed E-state index contributed by atoms with van der Waals surface area (Å²) in [5.41, 5.74) is 0.486. The van der Waals surface area contributed by atoms with Crippen molar-refractivity contribution in [1.82, 2.24) is 0 Å². The van der Waals surface area contributed by atoms with Crippen molar-refractivity contribution < 1.29 is 19.1 Å². The van der Waals surface area contributed by atoms with E-state index in [4.69, 9.17) is 9.47 Å². The van der Waals surface area contributed by atoms with Gasteiger partial charge in [0.15, 0.2) is 0 Å². The van der Waals surface area contributed by atoms with Crippen molar-refractivity contribution >= 4 is 34.5 Å². The molecule has 0 N–H and O–H groups in total. The Hall–Kier alpha value is -4.44. The highest BCUT2D eigenvalue weighted by atomic mass is 16.5. The summed E-state index contributed by atoms with van der Waals surface area (Å²) in [6, 6.07) is 27.0. The molecule has 0 radical (unpaired) electrons. The van der Waals surface area contributed by atoms with Crippen LogP contribution < -0.4 is 15.2 Å². The summed E-state index contributed by atoms with van der Waals surface area (Å²) in [7, 11) is 0. The number of esters is 2. The first-order valence-corrected chi connectivity index (χ1v) is 10.5. The lowest BCUT2D eigenvalue weighted by Gasteiger charge is -2.09. The van der Waals surface area contributed by atoms with Crippen LogP contribution in [0.4, 0.5) is 0 Å². The predicted octanol–water partition coefficient (Wildman–Crippen LogP) is 5.01. The minimum absolute atomic E-state index is 0.236. The average Bonchev–Trinajstić information content (AvgIpc) is 2.87. The van der Waals surface area contributed by atoms with E-state index < -0.39 is 11.9 Å². The summed E-state index contributed by atoms with van der Waals surface area (Å²) in [5, 5.41) is 3.49. The van der Waals surface area contributed by atoms with E-state index in [-0.39, 0.29) is 11.1 Å². The predicted molar refractivity (Wildman–Crippen MR) is 130 cm³/mol. The fraction of sp³-hybridized carbons (Fsp3) is 0.0345. The third kappa shape index (κ3) is 4.75. The highest BCUT2D eigenvalue weighted by Crippen LogP contribution is 2.26. The number of carbonyl (C=O) groups excluding carboxylic acids is 2. The van der Waals surface area contributed by atoms with Gasteiger partial charge in [-0.05, 0) is 47.9 Å². The summed E-state index contributed by atoms with van der Waals surface area (Å²) >= 11 is 0. The van der Waals surface area contributed by atoms with Crippen LogP contribution in [0.1, 0.15) is 27.6 Å². The van der Waals surface area contributed by atoms with Gasteiger partial charge in [0.1, 0.15) is 11.5 Å². The van der Waals surface area contributed by atoms with Crippen LogP contribution in [-0.2, 0) is 4.74 Å². The number of benzene rings is 4. The molecule has 0 aliphatic carbocycles. The maximum atomic E-state index is 12.8. The highest BCUT2D eigenvalue weighted by Gasteiger charge is 2.15. The zero-order valence-electron chi connectivity index (χ0n) is 18.2. The molecule has 0 unspecified atom stereocenters. The summed E-state index contributed by atoms with van der Waals surface area (Å²) < 4.78 is 11.2. The maximum Gasteiger partial charge on any atom is 0.343 e. The molecule has 4 heteroatoms. The molecule has 0 aliphatic heterocycles. The number of hydrogen-bond donors (Lipinski definition) is 0. The number of rotatable bonds is 5. The van der Waals surface area contributed by atoms with Gasteiger partial charge in [-0.15, -0.1) is 0 Å². The molecule has 4 aromatic rings. The molecule has 0 amide bonds. The monoisotopic (exact) mass is 434 g/mol. The minimum atomic E-state index is -0.587. The molecular formula is C29H22O4. The second kappa shape index (κ2) is 9.79. The SMILES string of the molecule is C=C/C(OC(=O)c1cccc(C(=O)Oc2cccc3ccccc23)c1)=c1/cccc/c1=C/C. The molecule has 0 saturated heterocycles. The summed E-state index contributed by atoms with van der Waals surface area (Å²) in [5.74, 6) is -0.339. The van der Waals surface area contributed by atoms with E-state index in [1.165, 1.54) is 12.1 Å². The van der Waals surface area contributed by atoms with Gasteiger partial charge in [0.2, 0.25) is 0 Å². The Balaban J connectivity index is 1.60. The lowest BCUT2D eigenvalue weighted by Crippen LogP contribution is -2.27. The van der Waals surface area contributed by atoms with Gasteiger partial charge in [0.25, 0.3) is 0 Å². The largest absolute Gasteiger partial charge is 0.422 e. The van der Waals surface area contributed by atoms with Crippen molar-refractivity contribution in [3.05, 3.63) is 125 Å². The van der Waals surface area contributed by atoms with E-state index in [0.29, 0.717) is 11.5 Å². The van der Waals surface area contributed by atoms with E-state index >= 15 is 0 Å². The molecule has 0 heterocycles. The minimum Gasteiger partial charge on any atom is -0.422 e. The van der Waals surface area contributed by atoms with Gasteiger partial charge < -0.3 is 9.47 Å². The lowest BCUT2D eigenvalue weighted by molar-refractivity contribution is 0.0692. The Bertz CT molecular complexity index is 1480. The van der Waals surface area contributed by atoms with Crippen LogP contribution in [0.15, 0.2) is 104 Å². The molecule has 0 saturated carbocycles. The Kier molecular flexibility index (Phi) is 6.46. The average molecular weight is 434 g/mol. The van der Waals surface area contributed by atoms with Crippen molar-refractivity contribution in [3.63, 3.8) is 0 Å². The van der Waals surface area contributed by atoms with Crippen LogP contribution in [0.25, 0.3) is 22.6 Å². The smallest absolute Gasteiger partial charge is 0.343 e. The maximum absolute atomic E-state index is 12.8. The van der Waals surface area contributed by atoms with Crippen LogP contribution in [0.2, 0.25) is 0 Å².